The molecular weight excluding hydrogens is 501 g/mol. The summed E-state index contributed by atoms with van der Waals surface area (Å²) in [5, 5.41) is 19.6. The Balaban J connectivity index is 3.09. The molecule has 1 aromatic carbocycles. The van der Waals surface area contributed by atoms with Gasteiger partial charge >= 0.3 is 0 Å². The van der Waals surface area contributed by atoms with Gasteiger partial charge in [-0.1, -0.05) is 15.9 Å². The van der Waals surface area contributed by atoms with Crippen molar-refractivity contribution in [1.82, 2.24) is 0 Å². The van der Waals surface area contributed by atoms with Gasteiger partial charge < -0.3 is 15.1 Å². The number of aliphatic hydroxyl groups is 2. The van der Waals surface area contributed by atoms with Gasteiger partial charge in [0.1, 0.15) is 0 Å². The minimum Gasteiger partial charge on any atom is -0.390 e. The molecule has 2 atom stereocenters. The van der Waals surface area contributed by atoms with E-state index in [9.17, 15) is 10.2 Å². The van der Waals surface area contributed by atoms with Crippen molar-refractivity contribution in [3.05, 3.63) is 25.6 Å². The minimum atomic E-state index is -0.693. The van der Waals surface area contributed by atoms with E-state index in [2.05, 4.69) is 47.8 Å². The molecule has 114 valence electrons. The Morgan fingerprint density at radius 2 is 1.35 bits per heavy atom. The summed E-state index contributed by atoms with van der Waals surface area (Å²) >= 11 is 21.7. The zero-order valence-electron chi connectivity index (χ0n) is 10.4. The van der Waals surface area contributed by atoms with Gasteiger partial charge in [0.15, 0.2) is 0 Å². The monoisotopic (exact) mass is 511 g/mol. The van der Waals surface area contributed by atoms with Crippen molar-refractivity contribution in [1.29, 1.82) is 0 Å². The van der Waals surface area contributed by atoms with Crippen LogP contribution in [-0.4, -0.2) is 47.3 Å². The smallest absolute Gasteiger partial charge is 0.0850 e. The minimum absolute atomic E-state index is 0.124. The molecule has 0 saturated heterocycles. The van der Waals surface area contributed by atoms with Gasteiger partial charge in [-0.25, -0.2) is 0 Å². The number of nitrogens with zero attached hydrogens (tertiary/aromatic N) is 1. The number of hydrogen-bond donors (Lipinski definition) is 2. The van der Waals surface area contributed by atoms with E-state index < -0.39 is 12.2 Å². The van der Waals surface area contributed by atoms with E-state index in [0.717, 1.165) is 19.1 Å². The van der Waals surface area contributed by atoms with Crippen molar-refractivity contribution in [2.24, 2.45) is 0 Å². The van der Waals surface area contributed by atoms with Crippen LogP contribution in [0.1, 0.15) is 0 Å². The van der Waals surface area contributed by atoms with E-state index in [0.29, 0.717) is 13.1 Å². The normalized spacial score (nSPS) is 14.2. The molecule has 0 radical (unpaired) electrons. The molecular formula is C12H14Br3Cl2NO2. The van der Waals surface area contributed by atoms with E-state index in [1.165, 1.54) is 0 Å². The molecule has 1 aromatic rings. The number of alkyl halides is 2. The van der Waals surface area contributed by atoms with Crippen LogP contribution >= 0.6 is 71.0 Å². The highest BCUT2D eigenvalue weighted by Crippen LogP contribution is 2.37. The quantitative estimate of drug-likeness (QED) is 0.541. The predicted octanol–water partition coefficient (Wildman–Crippen LogP) is 3.98. The molecule has 0 spiro atoms. The maximum absolute atomic E-state index is 9.78. The maximum atomic E-state index is 9.78. The van der Waals surface area contributed by atoms with Gasteiger partial charge in [-0.3, -0.25) is 0 Å². The largest absolute Gasteiger partial charge is 0.390 e. The first-order valence-electron chi connectivity index (χ1n) is 5.76. The van der Waals surface area contributed by atoms with Gasteiger partial charge in [0.05, 0.1) is 29.7 Å². The van der Waals surface area contributed by atoms with Gasteiger partial charge in [0, 0.05) is 26.5 Å². The molecule has 2 N–H and O–H groups in total. The number of benzene rings is 1. The molecule has 1 rings (SSSR count). The number of aliphatic hydroxyl groups excluding tert-OH is 2. The summed E-state index contributed by atoms with van der Waals surface area (Å²) in [6.45, 7) is 0.604. The van der Waals surface area contributed by atoms with Crippen LogP contribution in [0.4, 0.5) is 5.69 Å². The van der Waals surface area contributed by atoms with Crippen LogP contribution in [0, 0.1) is 0 Å². The molecule has 20 heavy (non-hydrogen) atoms. The van der Waals surface area contributed by atoms with Crippen LogP contribution in [-0.2, 0) is 0 Å². The lowest BCUT2D eigenvalue weighted by atomic mass is 10.2. The second-order valence-electron chi connectivity index (χ2n) is 4.24. The molecule has 0 aliphatic rings. The molecule has 0 amide bonds. The first-order valence-corrected chi connectivity index (χ1v) is 9.21. The molecule has 0 aliphatic carbocycles. The third-order valence-corrected chi connectivity index (χ3v) is 4.90. The SMILES string of the molecule is OC(CCl)CN(CC(O)CCl)c1c(Br)cc(Br)cc1Br. The number of rotatable bonds is 7. The lowest BCUT2D eigenvalue weighted by Crippen LogP contribution is -2.39. The summed E-state index contributed by atoms with van der Waals surface area (Å²) in [5.41, 5.74) is 0.835. The second kappa shape index (κ2) is 9.18. The highest BCUT2D eigenvalue weighted by Gasteiger charge is 2.20. The first-order chi connectivity index (χ1) is 9.38. The first kappa shape index (κ1) is 19.0. The van der Waals surface area contributed by atoms with E-state index in [4.69, 9.17) is 23.2 Å². The van der Waals surface area contributed by atoms with Crippen LogP contribution in [0.2, 0.25) is 0 Å². The Hall–Kier alpha value is 0.960. The van der Waals surface area contributed by atoms with Crippen LogP contribution in [0.5, 0.6) is 0 Å². The van der Waals surface area contributed by atoms with Crippen molar-refractivity contribution >= 4 is 76.7 Å². The molecule has 0 heterocycles. The van der Waals surface area contributed by atoms with Crippen molar-refractivity contribution < 1.29 is 10.2 Å². The van der Waals surface area contributed by atoms with Crippen molar-refractivity contribution in [3.63, 3.8) is 0 Å². The number of hydrogen-bond acceptors (Lipinski definition) is 3. The standard InChI is InChI=1S/C12H14Br3Cl2NO2/c13-7-1-10(14)12(11(15)2-7)18(5-8(19)3-16)6-9(20)4-17/h1-2,8-9,19-20H,3-6H2. The number of halogens is 5. The van der Waals surface area contributed by atoms with E-state index in [1.54, 1.807) is 0 Å². The Morgan fingerprint density at radius 3 is 1.70 bits per heavy atom. The molecule has 0 saturated carbocycles. The van der Waals surface area contributed by atoms with Crippen molar-refractivity contribution in [2.45, 2.75) is 12.2 Å². The van der Waals surface area contributed by atoms with Crippen molar-refractivity contribution in [3.8, 4) is 0 Å². The molecule has 0 aliphatic heterocycles. The average molecular weight is 515 g/mol. The van der Waals surface area contributed by atoms with E-state index >= 15 is 0 Å². The molecule has 8 heteroatoms. The summed E-state index contributed by atoms with van der Waals surface area (Å²) < 4.78 is 2.58. The van der Waals surface area contributed by atoms with Crippen LogP contribution in [0.25, 0.3) is 0 Å². The summed E-state index contributed by atoms with van der Waals surface area (Å²) in [7, 11) is 0. The predicted molar refractivity (Wildman–Crippen MR) is 95.2 cm³/mol. The van der Waals surface area contributed by atoms with Crippen LogP contribution in [0.3, 0.4) is 0 Å². The fraction of sp³-hybridized carbons (Fsp3) is 0.500. The van der Waals surface area contributed by atoms with Crippen molar-refractivity contribution in [2.75, 3.05) is 29.7 Å². The fourth-order valence-electron chi connectivity index (χ4n) is 1.70. The van der Waals surface area contributed by atoms with Crippen LogP contribution in [0.15, 0.2) is 25.6 Å². The van der Waals surface area contributed by atoms with Gasteiger partial charge in [-0.2, -0.15) is 0 Å². The lowest BCUT2D eigenvalue weighted by Gasteiger charge is -2.30. The van der Waals surface area contributed by atoms with E-state index in [-0.39, 0.29) is 11.8 Å². The molecule has 0 bridgehead atoms. The zero-order valence-corrected chi connectivity index (χ0v) is 16.6. The third kappa shape index (κ3) is 5.63. The topological polar surface area (TPSA) is 43.7 Å². The highest BCUT2D eigenvalue weighted by molar-refractivity contribution is 9.11. The number of anilines is 1. The summed E-state index contributed by atoms with van der Waals surface area (Å²) in [5.74, 6) is 0.248. The Morgan fingerprint density at radius 1 is 0.950 bits per heavy atom. The van der Waals surface area contributed by atoms with Gasteiger partial charge in [-0.05, 0) is 44.0 Å². The third-order valence-electron chi connectivity index (χ3n) is 2.52. The summed E-state index contributed by atoms with van der Waals surface area (Å²) in [4.78, 5) is 1.85. The van der Waals surface area contributed by atoms with Gasteiger partial charge in [0.25, 0.3) is 0 Å². The van der Waals surface area contributed by atoms with Gasteiger partial charge in [-0.15, -0.1) is 23.2 Å². The second-order valence-corrected chi connectivity index (χ2v) is 7.48. The summed E-state index contributed by atoms with van der Waals surface area (Å²) in [6, 6.07) is 3.79. The maximum Gasteiger partial charge on any atom is 0.0850 e. The highest BCUT2D eigenvalue weighted by atomic mass is 79.9. The molecule has 2 unspecified atom stereocenters. The Kier molecular flexibility index (Phi) is 8.72. The molecule has 0 fully saturated rings. The molecule has 0 aromatic heterocycles. The fourth-order valence-corrected chi connectivity index (χ4v) is 4.66. The zero-order chi connectivity index (χ0) is 15.3. The Labute approximate surface area is 153 Å². The van der Waals surface area contributed by atoms with Crippen LogP contribution < -0.4 is 4.90 Å². The summed E-state index contributed by atoms with van der Waals surface area (Å²) in [6.07, 6.45) is -1.39. The van der Waals surface area contributed by atoms with E-state index in [1.807, 2.05) is 17.0 Å². The van der Waals surface area contributed by atoms with Gasteiger partial charge in [0.2, 0.25) is 0 Å². The molecule has 3 nitrogen and oxygen atoms in total. The Bertz CT molecular complexity index is 416. The average Bonchev–Trinajstić information content (AvgIpc) is 2.36. The lowest BCUT2D eigenvalue weighted by molar-refractivity contribution is 0.181.